The largest absolute Gasteiger partial charge is 0.476 e. The van der Waals surface area contributed by atoms with Gasteiger partial charge in [-0.25, -0.2) is 0 Å². The molecule has 0 unspecified atom stereocenters. The fourth-order valence-corrected chi connectivity index (χ4v) is 0.786. The van der Waals surface area contributed by atoms with E-state index in [9.17, 15) is 0 Å². The molecule has 0 saturated heterocycles. The molecule has 66 valence electrons. The third kappa shape index (κ3) is 3.00. The van der Waals surface area contributed by atoms with Gasteiger partial charge in [-0.3, -0.25) is 0 Å². The highest BCUT2D eigenvalue weighted by Crippen LogP contribution is 2.06. The molecule has 0 spiro atoms. The van der Waals surface area contributed by atoms with Crippen LogP contribution in [-0.2, 0) is 0 Å². The number of hydrogen-bond donors (Lipinski definition) is 0. The van der Waals surface area contributed by atoms with Crippen LogP contribution in [0.2, 0.25) is 5.28 Å². The first-order valence-corrected chi connectivity index (χ1v) is 4.18. The van der Waals surface area contributed by atoms with Crippen molar-refractivity contribution in [1.82, 2.24) is 15.2 Å². The maximum Gasteiger partial charge on any atom is 0.246 e. The quantitative estimate of drug-likeness (QED) is 0.674. The van der Waals surface area contributed by atoms with Gasteiger partial charge in [-0.2, -0.15) is 10.1 Å². The molecule has 0 radical (unpaired) electrons. The summed E-state index contributed by atoms with van der Waals surface area (Å²) in [6.45, 7) is 2.74. The average molecular weight is 188 g/mol. The Bertz CT molecular complexity index is 244. The molecule has 0 fully saturated rings. The van der Waals surface area contributed by atoms with Gasteiger partial charge in [0.25, 0.3) is 0 Å². The predicted octanol–water partition coefficient (Wildman–Crippen LogP) is 1.70. The summed E-state index contributed by atoms with van der Waals surface area (Å²) in [5, 5.41) is 7.20. The molecule has 0 saturated carbocycles. The topological polar surface area (TPSA) is 47.9 Å². The third-order valence-electron chi connectivity index (χ3n) is 1.26. The van der Waals surface area contributed by atoms with E-state index in [1.807, 2.05) is 0 Å². The zero-order chi connectivity index (χ0) is 8.81. The number of hydrogen-bond acceptors (Lipinski definition) is 4. The van der Waals surface area contributed by atoms with Crippen molar-refractivity contribution in [2.75, 3.05) is 6.61 Å². The van der Waals surface area contributed by atoms with E-state index in [-0.39, 0.29) is 5.28 Å². The summed E-state index contributed by atoms with van der Waals surface area (Å²) in [6, 6.07) is 0. The molecule has 1 aromatic rings. The zero-order valence-electron chi connectivity index (χ0n) is 6.83. The molecule has 0 atom stereocenters. The highest BCUT2D eigenvalue weighted by Gasteiger charge is 1.97. The van der Waals surface area contributed by atoms with Crippen molar-refractivity contribution in [3.8, 4) is 5.88 Å². The van der Waals surface area contributed by atoms with E-state index >= 15 is 0 Å². The molecule has 1 rings (SSSR count). The van der Waals surface area contributed by atoms with Crippen molar-refractivity contribution in [3.05, 3.63) is 11.5 Å². The van der Waals surface area contributed by atoms with Crippen LogP contribution in [0.1, 0.15) is 19.8 Å². The monoisotopic (exact) mass is 187 g/mol. The number of nitrogens with zero attached hydrogens (tertiary/aromatic N) is 3. The second-order valence-electron chi connectivity index (χ2n) is 2.27. The maximum atomic E-state index is 5.49. The van der Waals surface area contributed by atoms with Gasteiger partial charge in [-0.05, 0) is 18.0 Å². The molecule has 1 aromatic heterocycles. The molecular weight excluding hydrogens is 178 g/mol. The normalized spacial score (nSPS) is 9.83. The predicted molar refractivity (Wildman–Crippen MR) is 45.2 cm³/mol. The SMILES string of the molecule is CCCCOc1cnnc(Cl)n1. The standard InChI is InChI=1S/C7H10ClN3O/c1-2-3-4-12-6-5-9-11-7(8)10-6/h5H,2-4H2,1H3. The molecule has 1 heterocycles. The van der Waals surface area contributed by atoms with Gasteiger partial charge in [-0.15, -0.1) is 5.10 Å². The number of aromatic nitrogens is 3. The second kappa shape index (κ2) is 4.87. The number of rotatable bonds is 4. The van der Waals surface area contributed by atoms with Crippen molar-refractivity contribution in [3.63, 3.8) is 0 Å². The summed E-state index contributed by atoms with van der Waals surface area (Å²) in [5.41, 5.74) is 0. The molecule has 4 nitrogen and oxygen atoms in total. The Balaban J connectivity index is 2.41. The summed E-state index contributed by atoms with van der Waals surface area (Å²) in [6.07, 6.45) is 3.54. The molecule has 0 amide bonds. The van der Waals surface area contributed by atoms with Crippen molar-refractivity contribution < 1.29 is 4.74 Å². The Hall–Kier alpha value is -0.900. The first-order chi connectivity index (χ1) is 5.83. The minimum atomic E-state index is 0.115. The summed E-state index contributed by atoms with van der Waals surface area (Å²) in [4.78, 5) is 3.81. The van der Waals surface area contributed by atoms with Crippen molar-refractivity contribution >= 4 is 11.6 Å². The number of ether oxygens (including phenoxy) is 1. The van der Waals surface area contributed by atoms with Crippen LogP contribution in [-0.4, -0.2) is 21.8 Å². The molecule has 0 N–H and O–H groups in total. The number of unbranched alkanes of at least 4 members (excludes halogenated alkanes) is 1. The molecule has 0 bridgehead atoms. The molecule has 0 aliphatic rings. The van der Waals surface area contributed by atoms with Crippen LogP contribution in [0.25, 0.3) is 0 Å². The molecule has 0 aromatic carbocycles. The molecule has 5 heteroatoms. The highest BCUT2D eigenvalue weighted by molar-refractivity contribution is 6.28. The molecule has 0 aliphatic carbocycles. The second-order valence-corrected chi connectivity index (χ2v) is 2.60. The van der Waals surface area contributed by atoms with Crippen molar-refractivity contribution in [2.24, 2.45) is 0 Å². The van der Waals surface area contributed by atoms with Crippen LogP contribution in [0, 0.1) is 0 Å². The molecular formula is C7H10ClN3O. The Morgan fingerprint density at radius 1 is 1.58 bits per heavy atom. The van der Waals surface area contributed by atoms with Gasteiger partial charge in [0.1, 0.15) is 6.20 Å². The summed E-state index contributed by atoms with van der Waals surface area (Å²) < 4.78 is 5.23. The van der Waals surface area contributed by atoms with Crippen molar-refractivity contribution in [1.29, 1.82) is 0 Å². The van der Waals surface area contributed by atoms with Gasteiger partial charge < -0.3 is 4.74 Å². The van der Waals surface area contributed by atoms with E-state index in [0.29, 0.717) is 12.5 Å². The van der Waals surface area contributed by atoms with Gasteiger partial charge in [0, 0.05) is 0 Å². The average Bonchev–Trinajstić information content (AvgIpc) is 2.05. The Morgan fingerprint density at radius 3 is 3.08 bits per heavy atom. The minimum Gasteiger partial charge on any atom is -0.476 e. The summed E-state index contributed by atoms with van der Waals surface area (Å²) in [5.74, 6) is 0.434. The third-order valence-corrected chi connectivity index (χ3v) is 1.42. The van der Waals surface area contributed by atoms with Gasteiger partial charge in [-0.1, -0.05) is 13.3 Å². The Morgan fingerprint density at radius 2 is 2.42 bits per heavy atom. The van der Waals surface area contributed by atoms with E-state index in [2.05, 4.69) is 22.1 Å². The lowest BCUT2D eigenvalue weighted by molar-refractivity contribution is 0.295. The zero-order valence-corrected chi connectivity index (χ0v) is 7.58. The van der Waals surface area contributed by atoms with Gasteiger partial charge in [0.05, 0.1) is 6.61 Å². The molecule has 12 heavy (non-hydrogen) atoms. The van der Waals surface area contributed by atoms with Gasteiger partial charge >= 0.3 is 0 Å². The summed E-state index contributed by atoms with van der Waals surface area (Å²) in [7, 11) is 0. The van der Waals surface area contributed by atoms with E-state index in [1.54, 1.807) is 0 Å². The van der Waals surface area contributed by atoms with E-state index in [0.717, 1.165) is 12.8 Å². The lowest BCUT2D eigenvalue weighted by atomic mass is 10.4. The maximum absolute atomic E-state index is 5.49. The Labute approximate surface area is 75.9 Å². The highest BCUT2D eigenvalue weighted by atomic mass is 35.5. The summed E-state index contributed by atoms with van der Waals surface area (Å²) >= 11 is 5.49. The fourth-order valence-electron chi connectivity index (χ4n) is 0.659. The van der Waals surface area contributed by atoms with Crippen LogP contribution in [0.5, 0.6) is 5.88 Å². The van der Waals surface area contributed by atoms with E-state index < -0.39 is 0 Å². The lowest BCUT2D eigenvalue weighted by Gasteiger charge is -2.01. The first-order valence-electron chi connectivity index (χ1n) is 3.81. The lowest BCUT2D eigenvalue weighted by Crippen LogP contribution is -1.99. The van der Waals surface area contributed by atoms with Gasteiger partial charge in [0.15, 0.2) is 0 Å². The van der Waals surface area contributed by atoms with Gasteiger partial charge in [0.2, 0.25) is 11.2 Å². The van der Waals surface area contributed by atoms with Crippen LogP contribution in [0.15, 0.2) is 6.20 Å². The first kappa shape index (κ1) is 9.19. The van der Waals surface area contributed by atoms with E-state index in [1.165, 1.54) is 6.20 Å². The van der Waals surface area contributed by atoms with Crippen LogP contribution in [0.4, 0.5) is 0 Å². The van der Waals surface area contributed by atoms with Crippen LogP contribution < -0.4 is 4.74 Å². The fraction of sp³-hybridized carbons (Fsp3) is 0.571. The molecule has 0 aliphatic heterocycles. The number of halogens is 1. The van der Waals surface area contributed by atoms with Crippen LogP contribution in [0.3, 0.4) is 0 Å². The van der Waals surface area contributed by atoms with Crippen molar-refractivity contribution in [2.45, 2.75) is 19.8 Å². The Kier molecular flexibility index (Phi) is 3.73. The minimum absolute atomic E-state index is 0.115. The van der Waals surface area contributed by atoms with E-state index in [4.69, 9.17) is 16.3 Å². The van der Waals surface area contributed by atoms with Crippen LogP contribution >= 0.6 is 11.6 Å². The smallest absolute Gasteiger partial charge is 0.246 e.